The Labute approximate surface area is 236 Å². The van der Waals surface area contributed by atoms with Crippen molar-refractivity contribution in [3.05, 3.63) is 101 Å². The highest BCUT2D eigenvalue weighted by molar-refractivity contribution is 7.99. The Kier molecular flexibility index (Phi) is 7.63. The van der Waals surface area contributed by atoms with Crippen LogP contribution in [0.1, 0.15) is 43.8 Å². The molecule has 0 bridgehead atoms. The number of aromatic amines is 1. The molecule has 4 heterocycles. The fourth-order valence-corrected chi connectivity index (χ4v) is 6.09. The summed E-state index contributed by atoms with van der Waals surface area (Å²) in [5, 5.41) is 0.902. The minimum atomic E-state index is -0.734. The molecule has 0 spiro atoms. The number of fused-ring (bicyclic) bond motifs is 1. The minimum absolute atomic E-state index is 0.249. The van der Waals surface area contributed by atoms with Gasteiger partial charge in [-0.15, -0.1) is 0 Å². The molecular weight excluding hydrogens is 552 g/mol. The van der Waals surface area contributed by atoms with Crippen molar-refractivity contribution >= 4 is 35.1 Å². The number of nitrogens with one attached hydrogen (secondary N) is 1. The summed E-state index contributed by atoms with van der Waals surface area (Å²) in [5.41, 5.74) is 1.53. The summed E-state index contributed by atoms with van der Waals surface area (Å²) in [5.74, 6) is 0.570. The summed E-state index contributed by atoms with van der Waals surface area (Å²) in [7, 11) is 1.57. The number of thiazole rings is 1. The number of hydrogen-bond donors (Lipinski definition) is 1. The first-order chi connectivity index (χ1) is 19.1. The van der Waals surface area contributed by atoms with Crippen LogP contribution < -0.4 is 25.2 Å². The number of benzene rings is 1. The van der Waals surface area contributed by atoms with Crippen LogP contribution in [0.15, 0.2) is 83.0 Å². The van der Waals surface area contributed by atoms with Crippen molar-refractivity contribution in [3.8, 4) is 5.75 Å². The van der Waals surface area contributed by atoms with Gasteiger partial charge in [-0.2, -0.15) is 0 Å². The van der Waals surface area contributed by atoms with E-state index in [-0.39, 0.29) is 17.2 Å². The highest BCUT2D eigenvalue weighted by Gasteiger charge is 2.33. The summed E-state index contributed by atoms with van der Waals surface area (Å²) in [6.07, 6.45) is 1.30. The number of nitrogens with zero attached hydrogens (tertiary/aromatic N) is 3. The zero-order valence-electron chi connectivity index (χ0n) is 22.4. The van der Waals surface area contributed by atoms with E-state index in [2.05, 4.69) is 15.0 Å². The highest BCUT2D eigenvalue weighted by Crippen LogP contribution is 2.32. The predicted octanol–water partition coefficient (Wildman–Crippen LogP) is 3.33. The molecule has 0 fully saturated rings. The van der Waals surface area contributed by atoms with Crippen LogP contribution in [0, 0.1) is 6.92 Å². The number of rotatable bonds is 7. The van der Waals surface area contributed by atoms with Crippen LogP contribution in [0.25, 0.3) is 6.08 Å². The quantitative estimate of drug-likeness (QED) is 0.261. The predicted molar refractivity (Wildman–Crippen MR) is 150 cm³/mol. The number of carbonyl (C=O) groups excluding carboxylic acids is 1. The third kappa shape index (κ3) is 5.58. The van der Waals surface area contributed by atoms with Crippen molar-refractivity contribution in [3.63, 3.8) is 0 Å². The number of carbonyl (C=O) groups is 1. The summed E-state index contributed by atoms with van der Waals surface area (Å²) < 4.78 is 18.6. The van der Waals surface area contributed by atoms with Crippen LogP contribution in [0.4, 0.5) is 0 Å². The second kappa shape index (κ2) is 11.1. The molecule has 12 heteroatoms. The molecule has 1 aliphatic heterocycles. The van der Waals surface area contributed by atoms with E-state index in [0.29, 0.717) is 48.1 Å². The van der Waals surface area contributed by atoms with Gasteiger partial charge in [-0.1, -0.05) is 23.5 Å². The maximum atomic E-state index is 13.8. The molecule has 10 nitrogen and oxygen atoms in total. The molecule has 0 unspecified atom stereocenters. The molecule has 1 aromatic carbocycles. The maximum absolute atomic E-state index is 13.8. The number of allylic oxidation sites excluding steroid dienone is 1. The van der Waals surface area contributed by atoms with Crippen LogP contribution in [-0.4, -0.2) is 33.7 Å². The van der Waals surface area contributed by atoms with E-state index in [1.807, 2.05) is 12.1 Å². The molecule has 206 valence electrons. The molecule has 0 amide bonds. The van der Waals surface area contributed by atoms with Gasteiger partial charge in [-0.05, 0) is 69.3 Å². The Morgan fingerprint density at radius 2 is 1.93 bits per heavy atom. The Morgan fingerprint density at radius 1 is 1.18 bits per heavy atom. The molecule has 0 saturated carbocycles. The fourth-order valence-electron chi connectivity index (χ4n) is 4.25. The van der Waals surface area contributed by atoms with Gasteiger partial charge >= 0.3 is 5.97 Å². The van der Waals surface area contributed by atoms with Crippen LogP contribution in [0.3, 0.4) is 0 Å². The van der Waals surface area contributed by atoms with E-state index >= 15 is 0 Å². The van der Waals surface area contributed by atoms with Gasteiger partial charge in [0, 0.05) is 17.8 Å². The van der Waals surface area contributed by atoms with E-state index < -0.39 is 12.0 Å². The van der Waals surface area contributed by atoms with Crippen LogP contribution >= 0.6 is 23.1 Å². The molecule has 0 saturated heterocycles. The second-order valence-electron chi connectivity index (χ2n) is 9.26. The normalized spacial score (nSPS) is 15.2. The van der Waals surface area contributed by atoms with Crippen LogP contribution in [0.2, 0.25) is 0 Å². The maximum Gasteiger partial charge on any atom is 0.338 e. The molecule has 5 rings (SSSR count). The van der Waals surface area contributed by atoms with Crippen molar-refractivity contribution in [2.75, 3.05) is 7.11 Å². The van der Waals surface area contributed by atoms with Crippen molar-refractivity contribution in [1.29, 1.82) is 0 Å². The first kappa shape index (κ1) is 27.4. The minimum Gasteiger partial charge on any atom is -0.497 e. The average Bonchev–Trinajstić information content (AvgIpc) is 3.45. The number of aromatic nitrogens is 3. The monoisotopic (exact) mass is 578 g/mol. The van der Waals surface area contributed by atoms with E-state index in [1.54, 1.807) is 65.1 Å². The van der Waals surface area contributed by atoms with Crippen molar-refractivity contribution in [2.24, 2.45) is 4.99 Å². The molecule has 0 radical (unpaired) electrons. The second-order valence-corrected chi connectivity index (χ2v) is 11.3. The number of ether oxygens (including phenoxy) is 2. The summed E-state index contributed by atoms with van der Waals surface area (Å²) in [6, 6.07) is 11.3. The average molecular weight is 579 g/mol. The lowest BCUT2D eigenvalue weighted by molar-refractivity contribution is -0.143. The van der Waals surface area contributed by atoms with Gasteiger partial charge in [0.15, 0.2) is 15.1 Å². The lowest BCUT2D eigenvalue weighted by atomic mass is 9.96. The number of methoxy groups -OCH3 is 1. The lowest BCUT2D eigenvalue weighted by Crippen LogP contribution is -2.40. The third-order valence-corrected chi connectivity index (χ3v) is 7.73. The largest absolute Gasteiger partial charge is 0.497 e. The summed E-state index contributed by atoms with van der Waals surface area (Å²) >= 11 is 2.37. The summed E-state index contributed by atoms with van der Waals surface area (Å²) in [6.45, 7) is 7.02. The van der Waals surface area contributed by atoms with E-state index in [1.165, 1.54) is 33.7 Å². The molecule has 40 heavy (non-hydrogen) atoms. The molecule has 1 atom stereocenters. The number of aryl methyl sites for hydroxylation is 1. The Balaban J connectivity index is 1.57. The first-order valence-corrected chi connectivity index (χ1v) is 14.0. The van der Waals surface area contributed by atoms with E-state index in [9.17, 15) is 14.4 Å². The number of hydrogen-bond acceptors (Lipinski definition) is 10. The smallest absolute Gasteiger partial charge is 0.338 e. The fraction of sp³-hybridized carbons (Fsp3) is 0.250. The zero-order chi connectivity index (χ0) is 28.6. The first-order valence-electron chi connectivity index (χ1n) is 12.4. The van der Waals surface area contributed by atoms with Crippen molar-refractivity contribution < 1.29 is 18.7 Å². The number of furan rings is 1. The Morgan fingerprint density at radius 3 is 2.60 bits per heavy atom. The Hall–Kier alpha value is -4.16. The van der Waals surface area contributed by atoms with Gasteiger partial charge < -0.3 is 18.9 Å². The molecule has 3 aromatic heterocycles. The lowest BCUT2D eigenvalue weighted by Gasteiger charge is -2.25. The zero-order valence-corrected chi connectivity index (χ0v) is 24.0. The van der Waals surface area contributed by atoms with Crippen LogP contribution in [-0.2, 0) is 9.53 Å². The van der Waals surface area contributed by atoms with Gasteiger partial charge in [0.1, 0.15) is 11.5 Å². The Bertz CT molecular complexity index is 1860. The van der Waals surface area contributed by atoms with Gasteiger partial charge in [0.25, 0.3) is 11.1 Å². The highest BCUT2D eigenvalue weighted by atomic mass is 32.2. The SMILES string of the molecule is COc1ccc([C@@H]2C(C(=O)OC(C)C)=C(C)N=c3s/c(=C/c4ccc(Sc5nc(C)cc(=O)[nH]5)o4)c(=O)n32)cc1. The van der Waals surface area contributed by atoms with Crippen molar-refractivity contribution in [1.82, 2.24) is 14.5 Å². The van der Waals surface area contributed by atoms with Gasteiger partial charge in [0.2, 0.25) is 0 Å². The molecule has 1 aliphatic rings. The van der Waals surface area contributed by atoms with E-state index in [4.69, 9.17) is 13.9 Å². The van der Waals surface area contributed by atoms with E-state index in [0.717, 1.165) is 5.56 Å². The van der Waals surface area contributed by atoms with Crippen molar-refractivity contribution in [2.45, 2.75) is 50.1 Å². The summed E-state index contributed by atoms with van der Waals surface area (Å²) in [4.78, 5) is 50.8. The van der Waals surface area contributed by atoms with Gasteiger partial charge in [-0.3, -0.25) is 14.2 Å². The molecule has 0 aliphatic carbocycles. The van der Waals surface area contributed by atoms with Gasteiger partial charge in [0.05, 0.1) is 35.1 Å². The third-order valence-electron chi connectivity index (χ3n) is 5.94. The van der Waals surface area contributed by atoms with Crippen LogP contribution in [0.5, 0.6) is 5.75 Å². The molecule has 1 N–H and O–H groups in total. The standard InChI is InChI=1S/C28H26N4O6S2/c1-14(2)37-26(35)23-16(4)30-28-32(24(23)17-6-8-18(36-5)9-7-17)25(34)20(39-28)13-19-10-11-22(38-19)40-27-29-15(3)12-21(33)31-27/h6-14,24H,1-5H3,(H,29,31,33)/b20-13+/t24-/m1/s1. The van der Waals surface area contributed by atoms with Gasteiger partial charge in [-0.25, -0.2) is 14.8 Å². The molecular formula is C28H26N4O6S2. The number of H-pyrrole nitrogens is 1. The molecule has 4 aromatic rings. The topological polar surface area (TPSA) is 129 Å². The number of esters is 1.